The van der Waals surface area contributed by atoms with Crippen molar-refractivity contribution in [2.45, 2.75) is 53.0 Å². The molecule has 2 heterocycles. The molecule has 2 fully saturated rings. The summed E-state index contributed by atoms with van der Waals surface area (Å²) < 4.78 is 5.21. The number of morpholine rings is 1. The molecule has 1 atom stereocenters. The molecule has 1 unspecified atom stereocenters. The molecule has 2 rings (SSSR count). The Morgan fingerprint density at radius 2 is 1.86 bits per heavy atom. The summed E-state index contributed by atoms with van der Waals surface area (Å²) in [4.78, 5) is 15.7. The molecule has 21 heavy (non-hydrogen) atoms. The molecule has 4 nitrogen and oxygen atoms in total. The molecule has 0 radical (unpaired) electrons. The number of likely N-dealkylation sites (N-methyl/N-ethyl adjacent to an activating group) is 1. The van der Waals surface area contributed by atoms with Crippen LogP contribution in [0.1, 0.15) is 47.0 Å². The standard InChI is InChI=1S/C11H21NO.C6H13NO/c1-4-11(13)12-7-5-10(6-8-12)9(2)3;1-6-5-8-4-3-7(6)2/h9-10H,4-8H2,1-3H3;6H,3-5H2,1-2H3. The summed E-state index contributed by atoms with van der Waals surface area (Å²) in [5.74, 6) is 1.93. The fraction of sp³-hybridized carbons (Fsp3) is 0.941. The zero-order valence-corrected chi connectivity index (χ0v) is 14.6. The first-order valence-electron chi connectivity index (χ1n) is 8.51. The molecule has 0 aliphatic carbocycles. The SMILES string of the molecule is CC1COCCN1C.CCC(=O)N1CCC(C(C)C)CC1. The van der Waals surface area contributed by atoms with E-state index in [1.165, 1.54) is 12.8 Å². The van der Waals surface area contributed by atoms with Gasteiger partial charge in [0.05, 0.1) is 13.2 Å². The number of rotatable bonds is 2. The van der Waals surface area contributed by atoms with Gasteiger partial charge in [0, 0.05) is 32.1 Å². The van der Waals surface area contributed by atoms with Crippen LogP contribution in [0.25, 0.3) is 0 Å². The van der Waals surface area contributed by atoms with E-state index in [0.29, 0.717) is 18.4 Å². The molecule has 0 bridgehead atoms. The fourth-order valence-electron chi connectivity index (χ4n) is 2.85. The molecule has 4 heteroatoms. The zero-order valence-electron chi connectivity index (χ0n) is 14.6. The third-order valence-electron chi connectivity index (χ3n) is 4.84. The van der Waals surface area contributed by atoms with E-state index in [1.807, 2.05) is 11.8 Å². The highest BCUT2D eigenvalue weighted by Gasteiger charge is 2.23. The monoisotopic (exact) mass is 298 g/mol. The summed E-state index contributed by atoms with van der Waals surface area (Å²) in [6.45, 7) is 13.5. The van der Waals surface area contributed by atoms with Crippen LogP contribution in [0.15, 0.2) is 0 Å². The first kappa shape index (κ1) is 18.4. The number of piperidine rings is 1. The van der Waals surface area contributed by atoms with Gasteiger partial charge in [-0.05, 0) is 38.6 Å². The van der Waals surface area contributed by atoms with Crippen molar-refractivity contribution in [1.29, 1.82) is 0 Å². The quantitative estimate of drug-likeness (QED) is 0.785. The molecular formula is C17H34N2O2. The molecule has 0 saturated carbocycles. The minimum atomic E-state index is 0.321. The van der Waals surface area contributed by atoms with Gasteiger partial charge >= 0.3 is 0 Å². The van der Waals surface area contributed by atoms with Gasteiger partial charge in [-0.1, -0.05) is 20.8 Å². The van der Waals surface area contributed by atoms with E-state index in [0.717, 1.165) is 44.7 Å². The van der Waals surface area contributed by atoms with Gasteiger partial charge < -0.3 is 9.64 Å². The van der Waals surface area contributed by atoms with E-state index in [9.17, 15) is 4.79 Å². The Kier molecular flexibility index (Phi) is 8.27. The second-order valence-corrected chi connectivity index (χ2v) is 6.72. The lowest BCUT2D eigenvalue weighted by Crippen LogP contribution is -2.40. The molecular weight excluding hydrogens is 264 g/mol. The predicted molar refractivity (Wildman–Crippen MR) is 87.3 cm³/mol. The first-order valence-corrected chi connectivity index (χ1v) is 8.51. The van der Waals surface area contributed by atoms with Gasteiger partial charge in [0.1, 0.15) is 0 Å². The van der Waals surface area contributed by atoms with Gasteiger partial charge in [-0.2, -0.15) is 0 Å². The lowest BCUT2D eigenvalue weighted by atomic mass is 9.87. The highest BCUT2D eigenvalue weighted by molar-refractivity contribution is 5.75. The Hall–Kier alpha value is -0.610. The lowest BCUT2D eigenvalue weighted by Gasteiger charge is -2.33. The van der Waals surface area contributed by atoms with E-state index in [4.69, 9.17) is 4.74 Å². The average Bonchev–Trinajstić information content (AvgIpc) is 2.50. The Morgan fingerprint density at radius 1 is 1.24 bits per heavy atom. The van der Waals surface area contributed by atoms with Crippen LogP contribution in [0.5, 0.6) is 0 Å². The molecule has 1 amide bonds. The number of likely N-dealkylation sites (tertiary alicyclic amines) is 1. The number of amides is 1. The lowest BCUT2D eigenvalue weighted by molar-refractivity contribution is -0.132. The Bertz CT molecular complexity index is 289. The molecule has 0 aromatic carbocycles. The van der Waals surface area contributed by atoms with Crippen molar-refractivity contribution in [2.75, 3.05) is 39.9 Å². The molecule has 2 aliphatic heterocycles. The summed E-state index contributed by atoms with van der Waals surface area (Å²) in [7, 11) is 2.13. The van der Waals surface area contributed by atoms with Crippen molar-refractivity contribution in [1.82, 2.24) is 9.80 Å². The van der Waals surface area contributed by atoms with Crippen molar-refractivity contribution in [2.24, 2.45) is 11.8 Å². The van der Waals surface area contributed by atoms with Gasteiger partial charge in [0.25, 0.3) is 0 Å². The van der Waals surface area contributed by atoms with Crippen molar-refractivity contribution in [3.63, 3.8) is 0 Å². The van der Waals surface area contributed by atoms with Crippen LogP contribution in [0.2, 0.25) is 0 Å². The van der Waals surface area contributed by atoms with E-state index >= 15 is 0 Å². The molecule has 2 saturated heterocycles. The molecule has 2 aliphatic rings. The van der Waals surface area contributed by atoms with Gasteiger partial charge in [-0.25, -0.2) is 0 Å². The van der Waals surface area contributed by atoms with Crippen molar-refractivity contribution in [3.05, 3.63) is 0 Å². The van der Waals surface area contributed by atoms with Gasteiger partial charge in [-0.3, -0.25) is 9.69 Å². The summed E-state index contributed by atoms with van der Waals surface area (Å²) in [6, 6.07) is 0.615. The van der Waals surface area contributed by atoms with Gasteiger partial charge in [0.15, 0.2) is 0 Å². The summed E-state index contributed by atoms with van der Waals surface area (Å²) in [5, 5.41) is 0. The maximum atomic E-state index is 11.4. The third-order valence-corrected chi connectivity index (χ3v) is 4.84. The number of ether oxygens (including phenoxy) is 1. The largest absolute Gasteiger partial charge is 0.379 e. The maximum absolute atomic E-state index is 11.4. The topological polar surface area (TPSA) is 32.8 Å². The van der Waals surface area contributed by atoms with Crippen LogP contribution in [0.4, 0.5) is 0 Å². The number of carbonyl (C=O) groups excluding carboxylic acids is 1. The van der Waals surface area contributed by atoms with Crippen LogP contribution in [-0.4, -0.2) is 61.6 Å². The second-order valence-electron chi connectivity index (χ2n) is 6.72. The minimum Gasteiger partial charge on any atom is -0.379 e. The van der Waals surface area contributed by atoms with E-state index in [2.05, 4.69) is 32.7 Å². The maximum Gasteiger partial charge on any atom is 0.222 e. The molecule has 0 aromatic rings. The number of carbonyl (C=O) groups is 1. The van der Waals surface area contributed by atoms with Crippen LogP contribution >= 0.6 is 0 Å². The van der Waals surface area contributed by atoms with Gasteiger partial charge in [-0.15, -0.1) is 0 Å². The van der Waals surface area contributed by atoms with Crippen molar-refractivity contribution < 1.29 is 9.53 Å². The zero-order chi connectivity index (χ0) is 15.8. The molecule has 0 aromatic heterocycles. The normalized spacial score (nSPS) is 24.7. The van der Waals surface area contributed by atoms with Crippen LogP contribution in [0, 0.1) is 11.8 Å². The highest BCUT2D eigenvalue weighted by atomic mass is 16.5. The summed E-state index contributed by atoms with van der Waals surface area (Å²) in [5.41, 5.74) is 0. The average molecular weight is 298 g/mol. The highest BCUT2D eigenvalue weighted by Crippen LogP contribution is 2.24. The van der Waals surface area contributed by atoms with E-state index < -0.39 is 0 Å². The van der Waals surface area contributed by atoms with Crippen molar-refractivity contribution in [3.8, 4) is 0 Å². The minimum absolute atomic E-state index is 0.321. The van der Waals surface area contributed by atoms with Crippen LogP contribution < -0.4 is 0 Å². The van der Waals surface area contributed by atoms with Crippen LogP contribution in [0.3, 0.4) is 0 Å². The smallest absolute Gasteiger partial charge is 0.222 e. The fourth-order valence-corrected chi connectivity index (χ4v) is 2.85. The van der Waals surface area contributed by atoms with Gasteiger partial charge in [0.2, 0.25) is 5.91 Å². The number of hydrogen-bond acceptors (Lipinski definition) is 3. The van der Waals surface area contributed by atoms with Crippen LogP contribution in [-0.2, 0) is 9.53 Å². The van der Waals surface area contributed by atoms with E-state index in [1.54, 1.807) is 0 Å². The summed E-state index contributed by atoms with van der Waals surface area (Å²) in [6.07, 6.45) is 3.05. The van der Waals surface area contributed by atoms with E-state index in [-0.39, 0.29) is 0 Å². The Balaban J connectivity index is 0.000000235. The number of nitrogens with zero attached hydrogens (tertiary/aromatic N) is 2. The Labute approximate surface area is 130 Å². The molecule has 124 valence electrons. The predicted octanol–water partition coefficient (Wildman–Crippen LogP) is 2.63. The Morgan fingerprint density at radius 3 is 2.24 bits per heavy atom. The summed E-state index contributed by atoms with van der Waals surface area (Å²) >= 11 is 0. The first-order chi connectivity index (χ1) is 9.95. The van der Waals surface area contributed by atoms with Crippen molar-refractivity contribution >= 4 is 5.91 Å². The number of hydrogen-bond donors (Lipinski definition) is 0. The molecule has 0 spiro atoms. The second kappa shape index (κ2) is 9.42. The third kappa shape index (κ3) is 6.35. The molecule has 0 N–H and O–H groups in total.